The summed E-state index contributed by atoms with van der Waals surface area (Å²) in [4.78, 5) is 21.2. The molecule has 0 saturated carbocycles. The Kier molecular flexibility index (Phi) is 6.58. The molecule has 0 radical (unpaired) electrons. The maximum absolute atomic E-state index is 12.9. The number of carbonyl (C=O) groups is 1. The van der Waals surface area contributed by atoms with Gasteiger partial charge in [-0.05, 0) is 29.8 Å². The fraction of sp³-hybridized carbons (Fsp3) is 0.0800. The van der Waals surface area contributed by atoms with Gasteiger partial charge in [0.1, 0.15) is 0 Å². The lowest BCUT2D eigenvalue weighted by Gasteiger charge is -2.17. The predicted molar refractivity (Wildman–Crippen MR) is 127 cm³/mol. The first-order valence-electron chi connectivity index (χ1n) is 10.2. The minimum absolute atomic E-state index is 0.148. The zero-order chi connectivity index (χ0) is 23.3. The van der Waals surface area contributed by atoms with Gasteiger partial charge in [-0.15, -0.1) is 0 Å². The van der Waals surface area contributed by atoms with Crippen molar-refractivity contribution in [2.45, 2.75) is 11.4 Å². The van der Waals surface area contributed by atoms with Crippen LogP contribution >= 0.6 is 0 Å². The summed E-state index contributed by atoms with van der Waals surface area (Å²) in [6, 6.07) is 24.9. The minimum atomic E-state index is -3.67. The third-order valence-corrected chi connectivity index (χ3v) is 6.83. The second-order valence-corrected chi connectivity index (χ2v) is 9.43. The van der Waals surface area contributed by atoms with Crippen LogP contribution in [0.5, 0.6) is 0 Å². The molecule has 1 amide bonds. The highest BCUT2D eigenvalue weighted by Gasteiger charge is 2.21. The SMILES string of the molecule is CN(Cc1ccccc1)S(=O)(=O)c1ccc(NC(=O)c2cnc(-c3ccccc3)nc2)cc1. The van der Waals surface area contributed by atoms with Crippen molar-refractivity contribution in [3.8, 4) is 11.4 Å². The van der Waals surface area contributed by atoms with Crippen molar-refractivity contribution in [3.63, 3.8) is 0 Å². The first-order valence-corrected chi connectivity index (χ1v) is 11.7. The Morgan fingerprint density at radius 1 is 0.848 bits per heavy atom. The van der Waals surface area contributed by atoms with Crippen LogP contribution in [0.25, 0.3) is 11.4 Å². The number of nitrogens with zero attached hydrogens (tertiary/aromatic N) is 3. The largest absolute Gasteiger partial charge is 0.322 e. The number of carbonyl (C=O) groups excluding carboxylic acids is 1. The molecule has 166 valence electrons. The minimum Gasteiger partial charge on any atom is -0.322 e. The lowest BCUT2D eigenvalue weighted by atomic mass is 10.2. The van der Waals surface area contributed by atoms with Crippen LogP contribution in [0.15, 0.2) is 102 Å². The van der Waals surface area contributed by atoms with Crippen molar-refractivity contribution in [2.24, 2.45) is 0 Å². The number of rotatable bonds is 7. The highest BCUT2D eigenvalue weighted by molar-refractivity contribution is 7.89. The van der Waals surface area contributed by atoms with Crippen LogP contribution in [-0.4, -0.2) is 35.6 Å². The van der Waals surface area contributed by atoms with Gasteiger partial charge in [-0.3, -0.25) is 4.79 Å². The standard InChI is InChI=1S/C25H22N4O3S/c1-29(18-19-8-4-2-5-9-19)33(31,32)23-14-12-22(13-15-23)28-25(30)21-16-26-24(27-17-21)20-10-6-3-7-11-20/h2-17H,18H2,1H3,(H,28,30). The van der Waals surface area contributed by atoms with E-state index in [1.165, 1.54) is 35.9 Å². The molecule has 0 atom stereocenters. The van der Waals surface area contributed by atoms with Gasteiger partial charge in [0.05, 0.1) is 10.5 Å². The average molecular weight is 459 g/mol. The van der Waals surface area contributed by atoms with Gasteiger partial charge >= 0.3 is 0 Å². The predicted octanol–water partition coefficient (Wildman–Crippen LogP) is 4.22. The summed E-state index contributed by atoms with van der Waals surface area (Å²) >= 11 is 0. The molecule has 8 heteroatoms. The summed E-state index contributed by atoms with van der Waals surface area (Å²) in [6.45, 7) is 0.265. The van der Waals surface area contributed by atoms with Crippen LogP contribution in [0.3, 0.4) is 0 Å². The first-order chi connectivity index (χ1) is 15.9. The monoisotopic (exact) mass is 458 g/mol. The smallest absolute Gasteiger partial charge is 0.258 e. The Bertz CT molecular complexity index is 1330. The number of nitrogens with one attached hydrogen (secondary N) is 1. The molecule has 7 nitrogen and oxygen atoms in total. The molecule has 0 fully saturated rings. The molecule has 1 aromatic heterocycles. The van der Waals surface area contributed by atoms with Crippen LogP contribution in [-0.2, 0) is 16.6 Å². The molecular weight excluding hydrogens is 436 g/mol. The average Bonchev–Trinajstić information content (AvgIpc) is 2.85. The number of anilines is 1. The molecule has 0 unspecified atom stereocenters. The van der Waals surface area contributed by atoms with E-state index in [0.717, 1.165) is 11.1 Å². The van der Waals surface area contributed by atoms with Crippen molar-refractivity contribution in [1.29, 1.82) is 0 Å². The topological polar surface area (TPSA) is 92.3 Å². The summed E-state index contributed by atoms with van der Waals surface area (Å²) in [5.74, 6) is 0.146. The number of benzene rings is 3. The highest BCUT2D eigenvalue weighted by Crippen LogP contribution is 2.20. The third-order valence-electron chi connectivity index (χ3n) is 5.01. The molecule has 0 saturated heterocycles. The van der Waals surface area contributed by atoms with Gasteiger partial charge in [-0.25, -0.2) is 18.4 Å². The number of aromatic nitrogens is 2. The van der Waals surface area contributed by atoms with E-state index >= 15 is 0 Å². The second-order valence-electron chi connectivity index (χ2n) is 7.39. The number of hydrogen-bond donors (Lipinski definition) is 1. The number of hydrogen-bond acceptors (Lipinski definition) is 5. The van der Waals surface area contributed by atoms with E-state index in [1.807, 2.05) is 60.7 Å². The fourth-order valence-corrected chi connectivity index (χ4v) is 4.36. The Hall–Kier alpha value is -3.88. The van der Waals surface area contributed by atoms with Gasteiger partial charge in [0.2, 0.25) is 10.0 Å². The lowest BCUT2D eigenvalue weighted by Crippen LogP contribution is -2.26. The molecule has 1 N–H and O–H groups in total. The van der Waals surface area contributed by atoms with Crippen LogP contribution in [0.2, 0.25) is 0 Å². The normalized spacial score (nSPS) is 11.3. The Balaban J connectivity index is 1.42. The zero-order valence-electron chi connectivity index (χ0n) is 17.9. The van der Waals surface area contributed by atoms with Crippen LogP contribution < -0.4 is 5.32 Å². The zero-order valence-corrected chi connectivity index (χ0v) is 18.7. The van der Waals surface area contributed by atoms with E-state index in [9.17, 15) is 13.2 Å². The van der Waals surface area contributed by atoms with E-state index in [4.69, 9.17) is 0 Å². The lowest BCUT2D eigenvalue weighted by molar-refractivity contribution is 0.102. The van der Waals surface area contributed by atoms with Gasteiger partial charge in [0.15, 0.2) is 5.82 Å². The molecule has 4 aromatic rings. The first kappa shape index (κ1) is 22.3. The van der Waals surface area contributed by atoms with E-state index in [2.05, 4.69) is 15.3 Å². The van der Waals surface area contributed by atoms with Crippen molar-refractivity contribution >= 4 is 21.6 Å². The van der Waals surface area contributed by atoms with E-state index < -0.39 is 10.0 Å². The maximum Gasteiger partial charge on any atom is 0.258 e. The molecule has 0 bridgehead atoms. The number of sulfonamides is 1. The van der Waals surface area contributed by atoms with E-state index in [-0.39, 0.29) is 17.3 Å². The van der Waals surface area contributed by atoms with Gasteiger partial charge < -0.3 is 5.32 Å². The summed E-state index contributed by atoms with van der Waals surface area (Å²) in [5, 5.41) is 2.74. The maximum atomic E-state index is 12.9. The van der Waals surface area contributed by atoms with E-state index in [1.54, 1.807) is 12.1 Å². The fourth-order valence-electron chi connectivity index (χ4n) is 3.20. The Labute approximate surface area is 192 Å². The molecule has 0 aliphatic heterocycles. The summed E-state index contributed by atoms with van der Waals surface area (Å²) < 4.78 is 27.0. The molecule has 3 aromatic carbocycles. The molecule has 33 heavy (non-hydrogen) atoms. The van der Waals surface area contributed by atoms with Crippen LogP contribution in [0, 0.1) is 0 Å². The molecule has 0 aliphatic rings. The van der Waals surface area contributed by atoms with Gasteiger partial charge in [-0.1, -0.05) is 60.7 Å². The Morgan fingerprint density at radius 2 is 1.42 bits per heavy atom. The van der Waals surface area contributed by atoms with E-state index in [0.29, 0.717) is 17.1 Å². The van der Waals surface area contributed by atoms with Crippen LogP contribution in [0.4, 0.5) is 5.69 Å². The molecule has 0 aliphatic carbocycles. The summed E-state index contributed by atoms with van der Waals surface area (Å²) in [7, 11) is -2.13. The van der Waals surface area contributed by atoms with Gasteiger partial charge in [0.25, 0.3) is 5.91 Å². The second kappa shape index (κ2) is 9.72. The van der Waals surface area contributed by atoms with Crippen molar-refractivity contribution in [3.05, 3.63) is 108 Å². The van der Waals surface area contributed by atoms with Gasteiger partial charge in [-0.2, -0.15) is 4.31 Å². The quantitative estimate of drug-likeness (QED) is 0.448. The molecule has 1 heterocycles. The van der Waals surface area contributed by atoms with Crippen molar-refractivity contribution in [1.82, 2.24) is 14.3 Å². The Morgan fingerprint density at radius 3 is 2.03 bits per heavy atom. The highest BCUT2D eigenvalue weighted by atomic mass is 32.2. The molecular formula is C25H22N4O3S. The summed E-state index contributed by atoms with van der Waals surface area (Å²) in [6.07, 6.45) is 2.92. The molecule has 0 spiro atoms. The van der Waals surface area contributed by atoms with Crippen molar-refractivity contribution in [2.75, 3.05) is 12.4 Å². The van der Waals surface area contributed by atoms with Gasteiger partial charge in [0, 0.05) is 37.2 Å². The third kappa shape index (κ3) is 5.31. The molecule has 4 rings (SSSR count). The van der Waals surface area contributed by atoms with Crippen LogP contribution in [0.1, 0.15) is 15.9 Å². The van der Waals surface area contributed by atoms with Crippen molar-refractivity contribution < 1.29 is 13.2 Å². The summed E-state index contributed by atoms with van der Waals surface area (Å²) in [5.41, 5.74) is 2.53. The number of amides is 1.